The van der Waals surface area contributed by atoms with E-state index in [1.54, 1.807) is 0 Å². The maximum atomic E-state index is 6.36. The lowest BCUT2D eigenvalue weighted by Crippen LogP contribution is -2.31. The van der Waals surface area contributed by atoms with Crippen molar-refractivity contribution in [1.82, 2.24) is 25.6 Å². The minimum atomic E-state index is 0.619. The van der Waals surface area contributed by atoms with Crippen LogP contribution in [-0.4, -0.2) is 38.7 Å². The minimum Gasteiger partial charge on any atom is -0.356 e. The number of hydrogen-bond acceptors (Lipinski definition) is 5. The van der Waals surface area contributed by atoms with Crippen LogP contribution in [0.3, 0.4) is 0 Å². The fraction of sp³-hybridized carbons (Fsp3) is 0.238. The third kappa shape index (κ3) is 2.99. The zero-order valence-electron chi connectivity index (χ0n) is 15.3. The van der Waals surface area contributed by atoms with Gasteiger partial charge in [-0.3, -0.25) is 0 Å². The molecule has 0 unspecified atom stereocenters. The number of rotatable bonds is 3. The molecule has 3 heterocycles. The van der Waals surface area contributed by atoms with Gasteiger partial charge in [-0.05, 0) is 53.5 Å². The van der Waals surface area contributed by atoms with Crippen molar-refractivity contribution in [1.29, 1.82) is 0 Å². The predicted octanol–water partition coefficient (Wildman–Crippen LogP) is 4.73. The Kier molecular flexibility index (Phi) is 4.41. The summed E-state index contributed by atoms with van der Waals surface area (Å²) in [5.41, 5.74) is 3.97. The molecule has 0 atom stereocenters. The first-order valence-corrected chi connectivity index (χ1v) is 9.87. The molecular weight excluding hydrogens is 372 g/mol. The largest absolute Gasteiger partial charge is 0.356 e. The van der Waals surface area contributed by atoms with Crippen LogP contribution in [0.1, 0.15) is 19.3 Å². The minimum absolute atomic E-state index is 0.619. The number of benzene rings is 2. The number of nitrogens with one attached hydrogen (secondary N) is 1. The van der Waals surface area contributed by atoms with Crippen LogP contribution in [0.15, 0.2) is 48.5 Å². The Morgan fingerprint density at radius 1 is 0.929 bits per heavy atom. The third-order valence-corrected chi connectivity index (χ3v) is 5.46. The summed E-state index contributed by atoms with van der Waals surface area (Å²) >= 11 is 6.36. The molecule has 2 aromatic carbocycles. The SMILES string of the molecule is Clc1ccc2nc(N3CCCCC3)c(-c3nnn[nH]3)c(-c3ccccc3)c2c1. The molecule has 0 saturated carbocycles. The van der Waals surface area contributed by atoms with Crippen molar-refractivity contribution in [2.75, 3.05) is 18.0 Å². The quantitative estimate of drug-likeness (QED) is 0.547. The molecule has 2 aromatic heterocycles. The zero-order valence-corrected chi connectivity index (χ0v) is 16.0. The van der Waals surface area contributed by atoms with Crippen LogP contribution >= 0.6 is 11.6 Å². The topological polar surface area (TPSA) is 70.6 Å². The summed E-state index contributed by atoms with van der Waals surface area (Å²) in [5, 5.41) is 16.5. The Morgan fingerprint density at radius 3 is 2.50 bits per heavy atom. The monoisotopic (exact) mass is 390 g/mol. The second-order valence-electron chi connectivity index (χ2n) is 7.01. The molecular formula is C21H19ClN6. The fourth-order valence-corrected chi connectivity index (χ4v) is 4.12. The lowest BCUT2D eigenvalue weighted by molar-refractivity contribution is 0.574. The summed E-state index contributed by atoms with van der Waals surface area (Å²) in [4.78, 5) is 7.38. The van der Waals surface area contributed by atoms with Crippen LogP contribution in [-0.2, 0) is 0 Å². The third-order valence-electron chi connectivity index (χ3n) is 5.23. The van der Waals surface area contributed by atoms with Gasteiger partial charge < -0.3 is 4.90 Å². The van der Waals surface area contributed by atoms with E-state index in [1.165, 1.54) is 6.42 Å². The number of pyridine rings is 1. The van der Waals surface area contributed by atoms with Crippen molar-refractivity contribution >= 4 is 28.3 Å². The standard InChI is InChI=1S/C21H19ClN6/c22-15-9-10-17-16(13-15)18(14-7-3-1-4-8-14)19(20-24-26-27-25-20)21(23-17)28-11-5-2-6-12-28/h1,3-4,7-10,13H,2,5-6,11-12H2,(H,24,25,26,27). The number of hydrogen-bond donors (Lipinski definition) is 1. The number of tetrazole rings is 1. The second kappa shape index (κ2) is 7.20. The van der Waals surface area contributed by atoms with Crippen molar-refractivity contribution in [2.45, 2.75) is 19.3 Å². The highest BCUT2D eigenvalue weighted by molar-refractivity contribution is 6.31. The highest BCUT2D eigenvalue weighted by Crippen LogP contribution is 2.42. The maximum Gasteiger partial charge on any atom is 0.183 e. The molecule has 5 rings (SSSR count). The van der Waals surface area contributed by atoms with Gasteiger partial charge >= 0.3 is 0 Å². The van der Waals surface area contributed by atoms with Crippen LogP contribution in [0.25, 0.3) is 33.4 Å². The Labute approximate surface area is 167 Å². The summed E-state index contributed by atoms with van der Waals surface area (Å²) in [6.45, 7) is 1.96. The summed E-state index contributed by atoms with van der Waals surface area (Å²) in [5.74, 6) is 1.54. The van der Waals surface area contributed by atoms with E-state index in [2.05, 4.69) is 37.7 Å². The van der Waals surface area contributed by atoms with Crippen LogP contribution in [0.4, 0.5) is 5.82 Å². The lowest BCUT2D eigenvalue weighted by Gasteiger charge is -2.30. The summed E-state index contributed by atoms with van der Waals surface area (Å²) in [6, 6.07) is 16.1. The zero-order chi connectivity index (χ0) is 18.9. The molecule has 4 aromatic rings. The van der Waals surface area contributed by atoms with Crippen molar-refractivity contribution < 1.29 is 0 Å². The van der Waals surface area contributed by atoms with Crippen molar-refractivity contribution in [3.8, 4) is 22.5 Å². The van der Waals surface area contributed by atoms with Gasteiger partial charge in [-0.2, -0.15) is 0 Å². The predicted molar refractivity (Wildman–Crippen MR) is 111 cm³/mol. The van der Waals surface area contributed by atoms with Crippen LogP contribution in [0, 0.1) is 0 Å². The highest BCUT2D eigenvalue weighted by atomic mass is 35.5. The number of nitrogens with zero attached hydrogens (tertiary/aromatic N) is 5. The molecule has 1 saturated heterocycles. The number of anilines is 1. The molecule has 140 valence electrons. The molecule has 28 heavy (non-hydrogen) atoms. The molecule has 0 bridgehead atoms. The first-order chi connectivity index (χ1) is 13.8. The van der Waals surface area contributed by atoms with Gasteiger partial charge in [0.15, 0.2) is 5.82 Å². The number of H-pyrrole nitrogens is 1. The van der Waals surface area contributed by atoms with E-state index >= 15 is 0 Å². The van der Waals surface area contributed by atoms with E-state index in [9.17, 15) is 0 Å². The molecule has 0 aliphatic carbocycles. The van der Waals surface area contributed by atoms with E-state index < -0.39 is 0 Å². The number of halogens is 1. The molecule has 7 heteroatoms. The average molecular weight is 391 g/mol. The summed E-state index contributed by atoms with van der Waals surface area (Å²) < 4.78 is 0. The van der Waals surface area contributed by atoms with E-state index in [0.717, 1.165) is 59.3 Å². The van der Waals surface area contributed by atoms with Gasteiger partial charge in [0.1, 0.15) is 5.82 Å². The Bertz CT molecular complexity index is 1100. The van der Waals surface area contributed by atoms with Crippen molar-refractivity contribution in [3.63, 3.8) is 0 Å². The van der Waals surface area contributed by atoms with Gasteiger partial charge in [0.2, 0.25) is 0 Å². The molecule has 1 aliphatic rings. The van der Waals surface area contributed by atoms with Crippen molar-refractivity contribution in [3.05, 3.63) is 53.6 Å². The van der Waals surface area contributed by atoms with Crippen molar-refractivity contribution in [2.24, 2.45) is 0 Å². The van der Waals surface area contributed by atoms with Gasteiger partial charge in [0.05, 0.1) is 11.1 Å². The molecule has 1 fully saturated rings. The Hall–Kier alpha value is -2.99. The Balaban J connectivity index is 1.89. The first kappa shape index (κ1) is 17.1. The van der Waals surface area contributed by atoms with E-state index in [1.807, 2.05) is 36.4 Å². The van der Waals surface area contributed by atoms with Crippen LogP contribution in [0.2, 0.25) is 5.02 Å². The number of piperidine rings is 1. The number of aromatic nitrogens is 5. The van der Waals surface area contributed by atoms with Crippen LogP contribution in [0.5, 0.6) is 0 Å². The van der Waals surface area contributed by atoms with Gasteiger partial charge in [-0.25, -0.2) is 10.1 Å². The highest BCUT2D eigenvalue weighted by Gasteiger charge is 2.25. The molecule has 1 N–H and O–H groups in total. The number of aromatic amines is 1. The van der Waals surface area contributed by atoms with Gasteiger partial charge in [-0.15, -0.1) is 5.10 Å². The smallest absolute Gasteiger partial charge is 0.183 e. The van der Waals surface area contributed by atoms with Gasteiger partial charge in [0, 0.05) is 29.1 Å². The molecule has 0 amide bonds. The lowest BCUT2D eigenvalue weighted by atomic mass is 9.94. The second-order valence-corrected chi connectivity index (χ2v) is 7.45. The maximum absolute atomic E-state index is 6.36. The molecule has 6 nitrogen and oxygen atoms in total. The van der Waals surface area contributed by atoms with Gasteiger partial charge in [0.25, 0.3) is 0 Å². The summed E-state index contributed by atoms with van der Waals surface area (Å²) in [6.07, 6.45) is 3.58. The first-order valence-electron chi connectivity index (χ1n) is 9.49. The fourth-order valence-electron chi connectivity index (χ4n) is 3.95. The molecule has 1 aliphatic heterocycles. The normalized spacial score (nSPS) is 14.5. The molecule has 0 spiro atoms. The van der Waals surface area contributed by atoms with Crippen LogP contribution < -0.4 is 4.90 Å². The van der Waals surface area contributed by atoms with E-state index in [0.29, 0.717) is 10.8 Å². The number of fused-ring (bicyclic) bond motifs is 1. The Morgan fingerprint density at radius 2 is 1.75 bits per heavy atom. The van der Waals surface area contributed by atoms with E-state index in [4.69, 9.17) is 16.6 Å². The van der Waals surface area contributed by atoms with Gasteiger partial charge in [-0.1, -0.05) is 41.9 Å². The summed E-state index contributed by atoms with van der Waals surface area (Å²) in [7, 11) is 0. The van der Waals surface area contributed by atoms with E-state index in [-0.39, 0.29) is 0 Å². The molecule has 0 radical (unpaired) electrons. The average Bonchev–Trinajstić information content (AvgIpc) is 3.28.